The second kappa shape index (κ2) is 5.14. The van der Waals surface area contributed by atoms with Crippen molar-refractivity contribution in [2.75, 3.05) is 0 Å². The largest absolute Gasteiger partial charge is 0.299 e. The van der Waals surface area contributed by atoms with Crippen LogP contribution in [0.4, 0.5) is 0 Å². The molecule has 0 N–H and O–H groups in total. The molecule has 1 rings (SSSR count). The molecule has 0 aliphatic heterocycles. The second-order valence-corrected chi connectivity index (χ2v) is 6.01. The molecule has 0 aromatic carbocycles. The molecule has 0 atom stereocenters. The lowest BCUT2D eigenvalue weighted by Gasteiger charge is -2.30. The molecular formula is C14H26O. The Balaban J connectivity index is 2.46. The highest BCUT2D eigenvalue weighted by Gasteiger charge is 2.32. The summed E-state index contributed by atoms with van der Waals surface area (Å²) in [5, 5.41) is 0. The normalized spacial score (nSPS) is 19.5. The zero-order valence-electron chi connectivity index (χ0n) is 10.8. The Morgan fingerprint density at radius 1 is 1.20 bits per heavy atom. The molecule has 0 spiro atoms. The van der Waals surface area contributed by atoms with Gasteiger partial charge in [0.15, 0.2) is 0 Å². The molecule has 0 unspecified atom stereocenters. The molecular weight excluding hydrogens is 184 g/mol. The molecule has 1 saturated carbocycles. The maximum absolute atomic E-state index is 12.2. The molecule has 1 heteroatoms. The van der Waals surface area contributed by atoms with Crippen LogP contribution in [0.2, 0.25) is 0 Å². The van der Waals surface area contributed by atoms with Crippen LogP contribution in [0.3, 0.4) is 0 Å². The van der Waals surface area contributed by atoms with Gasteiger partial charge in [-0.15, -0.1) is 0 Å². The lowest BCUT2D eigenvalue weighted by atomic mass is 9.73. The lowest BCUT2D eigenvalue weighted by molar-refractivity contribution is -0.130. The molecule has 1 fully saturated rings. The van der Waals surface area contributed by atoms with Crippen LogP contribution in [0.1, 0.15) is 66.2 Å². The average molecular weight is 210 g/mol. The van der Waals surface area contributed by atoms with Crippen LogP contribution < -0.4 is 0 Å². The van der Waals surface area contributed by atoms with E-state index in [2.05, 4.69) is 27.7 Å². The minimum absolute atomic E-state index is 0.128. The Hall–Kier alpha value is -0.330. The average Bonchev–Trinajstić information content (AvgIpc) is 2.18. The van der Waals surface area contributed by atoms with E-state index in [1.54, 1.807) is 0 Å². The summed E-state index contributed by atoms with van der Waals surface area (Å²) in [6.45, 7) is 8.50. The topological polar surface area (TPSA) is 17.1 Å². The van der Waals surface area contributed by atoms with Gasteiger partial charge in [0, 0.05) is 11.8 Å². The van der Waals surface area contributed by atoms with Crippen molar-refractivity contribution < 1.29 is 4.79 Å². The van der Waals surface area contributed by atoms with Crippen molar-refractivity contribution in [3.05, 3.63) is 0 Å². The van der Waals surface area contributed by atoms with Crippen molar-refractivity contribution in [1.82, 2.24) is 0 Å². The minimum atomic E-state index is -0.128. The first-order valence-electron chi connectivity index (χ1n) is 6.48. The van der Waals surface area contributed by atoms with Crippen LogP contribution in [0.5, 0.6) is 0 Å². The van der Waals surface area contributed by atoms with E-state index in [1.807, 2.05) is 0 Å². The van der Waals surface area contributed by atoms with E-state index < -0.39 is 0 Å². The van der Waals surface area contributed by atoms with E-state index in [0.717, 1.165) is 6.42 Å². The van der Waals surface area contributed by atoms with E-state index >= 15 is 0 Å². The standard InChI is InChI=1S/C14H26O/c1-11(2)14(3,4)13(15)10-12-8-6-5-7-9-12/h11-12H,5-10H2,1-4H3. The van der Waals surface area contributed by atoms with Gasteiger partial charge in [-0.25, -0.2) is 0 Å². The van der Waals surface area contributed by atoms with Crippen molar-refractivity contribution in [3.63, 3.8) is 0 Å². The number of carbonyl (C=O) groups excluding carboxylic acids is 1. The van der Waals surface area contributed by atoms with Gasteiger partial charge in [0.05, 0.1) is 0 Å². The van der Waals surface area contributed by atoms with Crippen molar-refractivity contribution in [2.45, 2.75) is 66.2 Å². The molecule has 0 heterocycles. The highest BCUT2D eigenvalue weighted by atomic mass is 16.1. The summed E-state index contributed by atoms with van der Waals surface area (Å²) in [6.07, 6.45) is 7.42. The van der Waals surface area contributed by atoms with Crippen LogP contribution >= 0.6 is 0 Å². The Kier molecular flexibility index (Phi) is 4.36. The maximum atomic E-state index is 12.2. The summed E-state index contributed by atoms with van der Waals surface area (Å²) in [4.78, 5) is 12.2. The van der Waals surface area contributed by atoms with Crippen molar-refractivity contribution >= 4 is 5.78 Å². The minimum Gasteiger partial charge on any atom is -0.299 e. The first-order valence-corrected chi connectivity index (χ1v) is 6.48. The van der Waals surface area contributed by atoms with Gasteiger partial charge in [0.25, 0.3) is 0 Å². The van der Waals surface area contributed by atoms with Gasteiger partial charge in [-0.05, 0) is 11.8 Å². The maximum Gasteiger partial charge on any atom is 0.139 e. The SMILES string of the molecule is CC(C)C(C)(C)C(=O)CC1CCCCC1. The monoisotopic (exact) mass is 210 g/mol. The van der Waals surface area contributed by atoms with E-state index in [9.17, 15) is 4.79 Å². The summed E-state index contributed by atoms with van der Waals surface area (Å²) in [6, 6.07) is 0. The first kappa shape index (κ1) is 12.7. The highest BCUT2D eigenvalue weighted by molar-refractivity contribution is 5.84. The van der Waals surface area contributed by atoms with E-state index in [0.29, 0.717) is 17.6 Å². The molecule has 0 aromatic heterocycles. The van der Waals surface area contributed by atoms with E-state index in [1.165, 1.54) is 32.1 Å². The number of carbonyl (C=O) groups is 1. The number of ketones is 1. The van der Waals surface area contributed by atoms with Gasteiger partial charge < -0.3 is 0 Å². The first-order chi connectivity index (χ1) is 6.94. The summed E-state index contributed by atoms with van der Waals surface area (Å²) in [5.41, 5.74) is -0.128. The molecule has 0 amide bonds. The molecule has 0 saturated heterocycles. The fourth-order valence-corrected chi connectivity index (χ4v) is 2.24. The molecule has 1 aliphatic carbocycles. The quantitative estimate of drug-likeness (QED) is 0.679. The van der Waals surface area contributed by atoms with Crippen LogP contribution in [0.25, 0.3) is 0 Å². The molecule has 1 aliphatic rings. The van der Waals surface area contributed by atoms with E-state index in [-0.39, 0.29) is 5.41 Å². The van der Waals surface area contributed by atoms with E-state index in [4.69, 9.17) is 0 Å². The molecule has 15 heavy (non-hydrogen) atoms. The number of Topliss-reactive ketones (excluding diaryl/α,β-unsaturated/α-hetero) is 1. The van der Waals surface area contributed by atoms with Crippen LogP contribution in [-0.4, -0.2) is 5.78 Å². The number of hydrogen-bond acceptors (Lipinski definition) is 1. The van der Waals surface area contributed by atoms with Gasteiger partial charge in [0.2, 0.25) is 0 Å². The summed E-state index contributed by atoms with van der Waals surface area (Å²) in [7, 11) is 0. The number of rotatable bonds is 4. The Labute approximate surface area is 94.6 Å². The highest BCUT2D eigenvalue weighted by Crippen LogP contribution is 2.33. The molecule has 0 radical (unpaired) electrons. The Bertz CT molecular complexity index is 209. The van der Waals surface area contributed by atoms with Crippen LogP contribution in [0.15, 0.2) is 0 Å². The van der Waals surface area contributed by atoms with Crippen molar-refractivity contribution in [2.24, 2.45) is 17.3 Å². The van der Waals surface area contributed by atoms with Crippen molar-refractivity contribution in [3.8, 4) is 0 Å². The third-order valence-electron chi connectivity index (χ3n) is 4.36. The van der Waals surface area contributed by atoms with Gasteiger partial charge in [0.1, 0.15) is 5.78 Å². The summed E-state index contributed by atoms with van der Waals surface area (Å²) in [5.74, 6) is 1.61. The fraction of sp³-hybridized carbons (Fsp3) is 0.929. The zero-order chi connectivity index (χ0) is 11.5. The summed E-state index contributed by atoms with van der Waals surface area (Å²) < 4.78 is 0. The third-order valence-corrected chi connectivity index (χ3v) is 4.36. The second-order valence-electron chi connectivity index (χ2n) is 6.01. The van der Waals surface area contributed by atoms with Crippen molar-refractivity contribution in [1.29, 1.82) is 0 Å². The van der Waals surface area contributed by atoms with Gasteiger partial charge in [-0.2, -0.15) is 0 Å². The molecule has 1 nitrogen and oxygen atoms in total. The predicted molar refractivity (Wildman–Crippen MR) is 64.8 cm³/mol. The fourth-order valence-electron chi connectivity index (χ4n) is 2.24. The van der Waals surface area contributed by atoms with Crippen LogP contribution in [-0.2, 0) is 4.79 Å². The predicted octanol–water partition coefficient (Wildman–Crippen LogP) is 4.21. The lowest BCUT2D eigenvalue weighted by Crippen LogP contribution is -2.31. The third kappa shape index (κ3) is 3.32. The summed E-state index contributed by atoms with van der Waals surface area (Å²) >= 11 is 0. The van der Waals surface area contributed by atoms with Gasteiger partial charge in [-0.1, -0.05) is 59.8 Å². The van der Waals surface area contributed by atoms with Gasteiger partial charge in [-0.3, -0.25) is 4.79 Å². The zero-order valence-corrected chi connectivity index (χ0v) is 10.8. The smallest absolute Gasteiger partial charge is 0.139 e. The van der Waals surface area contributed by atoms with Crippen LogP contribution in [0, 0.1) is 17.3 Å². The molecule has 0 aromatic rings. The Morgan fingerprint density at radius 3 is 2.20 bits per heavy atom. The molecule has 0 bridgehead atoms. The molecule has 88 valence electrons. The number of hydrogen-bond donors (Lipinski definition) is 0. The van der Waals surface area contributed by atoms with Gasteiger partial charge >= 0.3 is 0 Å². The Morgan fingerprint density at radius 2 is 1.73 bits per heavy atom.